The molecule has 0 bridgehead atoms. The maximum absolute atomic E-state index is 17.4. The predicted molar refractivity (Wildman–Crippen MR) is 182 cm³/mol. The summed E-state index contributed by atoms with van der Waals surface area (Å²) in [5, 5.41) is 7.85. The van der Waals surface area contributed by atoms with Gasteiger partial charge in [0.25, 0.3) is 0 Å². The van der Waals surface area contributed by atoms with Crippen LogP contribution in [0.1, 0.15) is 63.1 Å². The number of fused-ring (bicyclic) bond motifs is 2. The molecule has 0 unspecified atom stereocenters. The van der Waals surface area contributed by atoms with Crippen molar-refractivity contribution in [2.24, 2.45) is 0 Å². The van der Waals surface area contributed by atoms with Gasteiger partial charge in [-0.2, -0.15) is 15.1 Å². The molecule has 9 rings (SSSR count). The first kappa shape index (κ1) is 31.5. The summed E-state index contributed by atoms with van der Waals surface area (Å²) >= 11 is 6.71. The molecule has 4 atom stereocenters. The van der Waals surface area contributed by atoms with Crippen molar-refractivity contribution < 1.29 is 22.6 Å². The number of benzene rings is 1. The van der Waals surface area contributed by atoms with Gasteiger partial charge in [0.2, 0.25) is 5.88 Å². The number of alkyl halides is 2. The minimum atomic E-state index is -1.74. The van der Waals surface area contributed by atoms with Crippen molar-refractivity contribution in [1.29, 1.82) is 0 Å². The van der Waals surface area contributed by atoms with E-state index in [1.165, 1.54) is 6.20 Å². The highest BCUT2D eigenvalue weighted by molar-refractivity contribution is 6.33. The van der Waals surface area contributed by atoms with Crippen LogP contribution in [-0.2, 0) is 5.67 Å². The Morgan fingerprint density at radius 3 is 2.88 bits per heavy atom. The molecule has 50 heavy (non-hydrogen) atoms. The predicted octanol–water partition coefficient (Wildman–Crippen LogP) is 6.60. The molecule has 5 aromatic rings. The summed E-state index contributed by atoms with van der Waals surface area (Å²) < 4.78 is 60.8. The summed E-state index contributed by atoms with van der Waals surface area (Å²) in [5.41, 5.74) is 5.42. The number of nitrogens with two attached hydrogens (primary N) is 1. The van der Waals surface area contributed by atoms with E-state index in [0.717, 1.165) is 24.9 Å². The molecule has 11 nitrogen and oxygen atoms in total. The van der Waals surface area contributed by atoms with Gasteiger partial charge in [-0.15, -0.1) is 0 Å². The summed E-state index contributed by atoms with van der Waals surface area (Å²) in [7, 11) is 0. The highest BCUT2D eigenvalue weighted by Gasteiger charge is 2.50. The number of halogens is 4. The molecule has 7 heterocycles. The Kier molecular flexibility index (Phi) is 7.12. The number of hydrogen-bond acceptors (Lipinski definition) is 10. The third-order valence-electron chi connectivity index (χ3n) is 10.9. The number of nitrogen functional groups attached to an aromatic ring is 1. The van der Waals surface area contributed by atoms with E-state index in [1.54, 1.807) is 18.3 Å². The fourth-order valence-corrected chi connectivity index (χ4v) is 8.73. The van der Waals surface area contributed by atoms with Crippen molar-refractivity contribution in [3.8, 4) is 23.1 Å². The molecule has 0 amide bonds. The minimum absolute atomic E-state index is 0.0765. The first-order valence-corrected chi connectivity index (χ1v) is 17.3. The monoisotopic (exact) mass is 705 g/mol. The molecular weight excluding hydrogens is 671 g/mol. The molecule has 3 aliphatic heterocycles. The molecular formula is C35H35ClF3N9O2. The van der Waals surface area contributed by atoms with Crippen molar-refractivity contribution in [2.75, 3.05) is 36.9 Å². The van der Waals surface area contributed by atoms with Gasteiger partial charge in [-0.05, 0) is 58.2 Å². The molecule has 1 saturated carbocycles. The second-order valence-corrected chi connectivity index (χ2v) is 14.5. The van der Waals surface area contributed by atoms with E-state index in [-0.39, 0.29) is 82.8 Å². The van der Waals surface area contributed by atoms with Crippen molar-refractivity contribution in [1.82, 2.24) is 35.0 Å². The summed E-state index contributed by atoms with van der Waals surface area (Å²) in [4.78, 5) is 22.7. The van der Waals surface area contributed by atoms with Gasteiger partial charge >= 0.3 is 6.01 Å². The second kappa shape index (κ2) is 11.3. The number of nitrogens with one attached hydrogen (secondary N) is 1. The number of rotatable bonds is 7. The minimum Gasteiger partial charge on any atom is -0.475 e. The molecule has 4 aliphatic rings. The Balaban J connectivity index is 1.27. The second-order valence-electron chi connectivity index (χ2n) is 14.1. The number of nitrogens with zero attached hydrogens (tertiary/aromatic N) is 7. The smallest absolute Gasteiger partial charge is 0.319 e. The quantitative estimate of drug-likeness (QED) is 0.191. The zero-order valence-corrected chi connectivity index (χ0v) is 28.3. The zero-order valence-electron chi connectivity index (χ0n) is 27.5. The molecule has 1 aromatic carbocycles. The lowest BCUT2D eigenvalue weighted by molar-refractivity contribution is 0.107. The Bertz CT molecular complexity index is 2180. The third-order valence-corrected chi connectivity index (χ3v) is 11.2. The largest absolute Gasteiger partial charge is 0.475 e. The number of ether oxygens (including phenoxy) is 2. The molecule has 4 aromatic heterocycles. The van der Waals surface area contributed by atoms with E-state index in [1.807, 2.05) is 24.8 Å². The Morgan fingerprint density at radius 1 is 1.24 bits per heavy atom. The summed E-state index contributed by atoms with van der Waals surface area (Å²) in [6, 6.07) is 4.50. The third kappa shape index (κ3) is 4.78. The average molecular weight is 706 g/mol. The van der Waals surface area contributed by atoms with Gasteiger partial charge in [-0.1, -0.05) is 17.7 Å². The zero-order chi connectivity index (χ0) is 34.5. The Morgan fingerprint density at radius 2 is 2.08 bits per heavy atom. The van der Waals surface area contributed by atoms with Crippen molar-refractivity contribution in [2.45, 2.75) is 75.4 Å². The molecule has 0 spiro atoms. The average Bonchev–Trinajstić information content (AvgIpc) is 3.36. The highest BCUT2D eigenvalue weighted by Crippen LogP contribution is 2.57. The maximum Gasteiger partial charge on any atom is 0.319 e. The molecule has 15 heteroatoms. The summed E-state index contributed by atoms with van der Waals surface area (Å²) in [6.07, 6.45) is 4.71. The summed E-state index contributed by atoms with van der Waals surface area (Å²) in [5.74, 6) is -0.0523. The van der Waals surface area contributed by atoms with E-state index >= 15 is 8.78 Å². The first-order chi connectivity index (χ1) is 24.1. The van der Waals surface area contributed by atoms with Gasteiger partial charge in [-0.25, -0.2) is 23.1 Å². The summed E-state index contributed by atoms with van der Waals surface area (Å²) in [6.45, 7) is 5.35. The van der Waals surface area contributed by atoms with Crippen molar-refractivity contribution in [3.63, 3.8) is 0 Å². The van der Waals surface area contributed by atoms with Crippen LogP contribution in [0.3, 0.4) is 0 Å². The van der Waals surface area contributed by atoms with Crippen LogP contribution in [0.15, 0.2) is 30.6 Å². The maximum atomic E-state index is 17.4. The van der Waals surface area contributed by atoms with Gasteiger partial charge in [0, 0.05) is 46.3 Å². The Hall–Kier alpha value is -4.43. The number of aromatic amines is 1. The number of pyridine rings is 2. The van der Waals surface area contributed by atoms with Crippen LogP contribution in [0.25, 0.3) is 33.1 Å². The van der Waals surface area contributed by atoms with Crippen LogP contribution in [0, 0.1) is 5.82 Å². The Labute approximate surface area is 290 Å². The standard InChI is InChI=1S/C35H35ClF3N9O2/c1-17-15-49-32-25-29(27(38)28(43-32)24-21-13-42-46-23(21)11-22(36)26(24)35(39)7-8-35)44-33(50-16-34-6-4-10-47(34)14-19(37)12-34)45-31(25)48(17)18(2)20-5-3-9-41-30(20)40/h3,5,9,11,13,17-19H,4,6-8,10,12,14-16H2,1-2H3,(H2,40,41)(H,42,46)/t17-,18+,19+,34-/m0/s1. The van der Waals surface area contributed by atoms with E-state index in [0.29, 0.717) is 35.5 Å². The van der Waals surface area contributed by atoms with E-state index in [2.05, 4.69) is 25.1 Å². The number of aromatic nitrogens is 6. The van der Waals surface area contributed by atoms with Crippen molar-refractivity contribution in [3.05, 3.63) is 52.6 Å². The van der Waals surface area contributed by atoms with Gasteiger partial charge in [0.05, 0.1) is 29.3 Å². The lowest BCUT2D eigenvalue weighted by Crippen LogP contribution is -2.43. The van der Waals surface area contributed by atoms with Crippen LogP contribution in [0.5, 0.6) is 11.9 Å². The molecule has 2 saturated heterocycles. The van der Waals surface area contributed by atoms with E-state index in [4.69, 9.17) is 36.8 Å². The van der Waals surface area contributed by atoms with E-state index in [9.17, 15) is 4.39 Å². The van der Waals surface area contributed by atoms with Gasteiger partial charge in [0.15, 0.2) is 5.82 Å². The van der Waals surface area contributed by atoms with Crippen LogP contribution in [0.4, 0.5) is 24.8 Å². The van der Waals surface area contributed by atoms with Crippen LogP contribution in [0.2, 0.25) is 5.02 Å². The lowest BCUT2D eigenvalue weighted by atomic mass is 9.94. The van der Waals surface area contributed by atoms with Gasteiger partial charge in [-0.3, -0.25) is 10.00 Å². The number of hydrogen-bond donors (Lipinski definition) is 2. The van der Waals surface area contributed by atoms with Crippen LogP contribution in [-0.4, -0.2) is 79.1 Å². The molecule has 1 aliphatic carbocycles. The molecule has 3 fully saturated rings. The normalized spacial score (nSPS) is 24.7. The molecule has 260 valence electrons. The highest BCUT2D eigenvalue weighted by atomic mass is 35.5. The first-order valence-electron chi connectivity index (χ1n) is 17.0. The fourth-order valence-electron chi connectivity index (χ4n) is 8.36. The number of anilines is 2. The van der Waals surface area contributed by atoms with Crippen LogP contribution < -0.4 is 20.1 Å². The van der Waals surface area contributed by atoms with Crippen molar-refractivity contribution >= 4 is 45.0 Å². The van der Waals surface area contributed by atoms with Gasteiger partial charge < -0.3 is 20.1 Å². The topological polar surface area (TPSA) is 131 Å². The molecule has 0 radical (unpaired) electrons. The molecule has 3 N–H and O–H groups in total. The number of H-pyrrole nitrogens is 1. The van der Waals surface area contributed by atoms with E-state index < -0.39 is 23.2 Å². The fraction of sp³-hybridized carbons (Fsp3) is 0.457. The SMILES string of the molecule is C[C@H](c1cccnc1N)N1c2nc(OC[C@@]34CCCN3C[C@H](F)C4)nc3c(F)c(-c4c(C5(F)CC5)c(Cl)cc5[nH]ncc45)nc(c23)OC[C@@H]1C. The van der Waals surface area contributed by atoms with Crippen LogP contribution >= 0.6 is 11.6 Å². The lowest BCUT2D eigenvalue weighted by Gasteiger charge is -2.35. The van der Waals surface area contributed by atoms with Gasteiger partial charge in [0.1, 0.15) is 53.3 Å².